The van der Waals surface area contributed by atoms with E-state index in [9.17, 15) is 4.79 Å². The molecule has 140 valence electrons. The van der Waals surface area contributed by atoms with Gasteiger partial charge in [0.05, 0.1) is 12.3 Å². The highest BCUT2D eigenvalue weighted by Crippen LogP contribution is 2.40. The van der Waals surface area contributed by atoms with Crippen LogP contribution in [0.3, 0.4) is 0 Å². The number of furan rings is 1. The standard InChI is InChI=1S/C21H23N3O2S/c1-15-14-17(21(27-15)23-20(25)18-6-5-13-26-18)19(16-7-9-22-10-8-16)24-11-3-2-4-12-24/h5-10,13-14,19H,2-4,11-12H2,1H3,(H,23,25)/t19-/m0/s1. The number of hydrogen-bond donors (Lipinski definition) is 1. The summed E-state index contributed by atoms with van der Waals surface area (Å²) in [6.07, 6.45) is 8.89. The molecule has 4 heterocycles. The molecule has 0 bridgehead atoms. The summed E-state index contributed by atoms with van der Waals surface area (Å²) in [5.41, 5.74) is 2.35. The Bertz CT molecular complexity index is 884. The zero-order valence-corrected chi connectivity index (χ0v) is 16.2. The van der Waals surface area contributed by atoms with Crippen molar-refractivity contribution in [2.24, 2.45) is 0 Å². The number of carbonyl (C=O) groups excluding carboxylic acids is 1. The molecule has 0 spiro atoms. The lowest BCUT2D eigenvalue weighted by Gasteiger charge is -2.35. The van der Waals surface area contributed by atoms with Crippen LogP contribution in [0, 0.1) is 6.92 Å². The predicted octanol–water partition coefficient (Wildman–Crippen LogP) is 4.87. The van der Waals surface area contributed by atoms with Crippen molar-refractivity contribution in [1.82, 2.24) is 9.88 Å². The minimum atomic E-state index is -0.213. The number of amides is 1. The second-order valence-electron chi connectivity index (χ2n) is 6.85. The van der Waals surface area contributed by atoms with E-state index in [2.05, 4.69) is 40.3 Å². The first kappa shape index (κ1) is 17.9. The van der Waals surface area contributed by atoms with Crippen LogP contribution in [-0.4, -0.2) is 28.9 Å². The Balaban J connectivity index is 1.70. The Morgan fingerprint density at radius 1 is 1.22 bits per heavy atom. The molecule has 0 aromatic carbocycles. The fourth-order valence-corrected chi connectivity index (χ4v) is 4.66. The zero-order chi connectivity index (χ0) is 18.6. The number of anilines is 1. The average molecular weight is 382 g/mol. The molecule has 0 saturated carbocycles. The number of piperidine rings is 1. The summed E-state index contributed by atoms with van der Waals surface area (Å²) in [6.45, 7) is 4.21. The van der Waals surface area contributed by atoms with Gasteiger partial charge in [0, 0.05) is 22.8 Å². The summed E-state index contributed by atoms with van der Waals surface area (Å²) in [5.74, 6) is 0.112. The van der Waals surface area contributed by atoms with Crippen molar-refractivity contribution in [3.8, 4) is 0 Å². The highest BCUT2D eigenvalue weighted by Gasteiger charge is 2.28. The Morgan fingerprint density at radius 2 is 2.00 bits per heavy atom. The summed E-state index contributed by atoms with van der Waals surface area (Å²) in [5, 5.41) is 3.96. The zero-order valence-electron chi connectivity index (χ0n) is 15.4. The Morgan fingerprint density at radius 3 is 2.70 bits per heavy atom. The third kappa shape index (κ3) is 3.96. The molecule has 3 aromatic rings. The lowest BCUT2D eigenvalue weighted by molar-refractivity contribution is 0.0996. The number of nitrogens with zero attached hydrogens (tertiary/aromatic N) is 2. The molecular weight excluding hydrogens is 358 g/mol. The molecule has 3 aromatic heterocycles. The summed E-state index contributed by atoms with van der Waals surface area (Å²) >= 11 is 1.61. The molecule has 0 unspecified atom stereocenters. The molecule has 6 heteroatoms. The van der Waals surface area contributed by atoms with Gasteiger partial charge < -0.3 is 9.73 Å². The van der Waals surface area contributed by atoms with Crippen LogP contribution in [0.1, 0.15) is 51.9 Å². The molecule has 1 N–H and O–H groups in total. The van der Waals surface area contributed by atoms with Gasteiger partial charge in [-0.3, -0.25) is 14.7 Å². The fraction of sp³-hybridized carbons (Fsp3) is 0.333. The van der Waals surface area contributed by atoms with E-state index < -0.39 is 0 Å². The van der Waals surface area contributed by atoms with Crippen LogP contribution in [0.2, 0.25) is 0 Å². The van der Waals surface area contributed by atoms with Crippen LogP contribution in [0.5, 0.6) is 0 Å². The number of nitrogens with one attached hydrogen (secondary N) is 1. The molecule has 1 aliphatic rings. The van der Waals surface area contributed by atoms with Crippen LogP contribution in [0.15, 0.2) is 53.4 Å². The summed E-state index contributed by atoms with van der Waals surface area (Å²) in [4.78, 5) is 20.4. The molecule has 1 aliphatic heterocycles. The van der Waals surface area contributed by atoms with E-state index in [1.165, 1.54) is 36.0 Å². The van der Waals surface area contributed by atoms with Gasteiger partial charge in [0.25, 0.3) is 5.91 Å². The number of hydrogen-bond acceptors (Lipinski definition) is 5. The topological polar surface area (TPSA) is 58.4 Å². The summed E-state index contributed by atoms with van der Waals surface area (Å²) < 4.78 is 5.25. The molecular formula is C21H23N3O2S. The van der Waals surface area contributed by atoms with Gasteiger partial charge in [0.15, 0.2) is 5.76 Å². The van der Waals surface area contributed by atoms with Gasteiger partial charge in [-0.05, 0) is 68.8 Å². The molecule has 5 nitrogen and oxygen atoms in total. The Hall–Kier alpha value is -2.44. The molecule has 1 fully saturated rings. The van der Waals surface area contributed by atoms with Gasteiger partial charge in [-0.15, -0.1) is 11.3 Å². The molecule has 1 amide bonds. The van der Waals surface area contributed by atoms with E-state index >= 15 is 0 Å². The number of aromatic nitrogens is 1. The second-order valence-corrected chi connectivity index (χ2v) is 8.11. The van der Waals surface area contributed by atoms with Crippen LogP contribution in [0.4, 0.5) is 5.00 Å². The highest BCUT2D eigenvalue weighted by molar-refractivity contribution is 7.16. The monoisotopic (exact) mass is 381 g/mol. The van der Waals surface area contributed by atoms with Crippen LogP contribution >= 0.6 is 11.3 Å². The van der Waals surface area contributed by atoms with Crippen LogP contribution < -0.4 is 5.32 Å². The van der Waals surface area contributed by atoms with Gasteiger partial charge in [0.2, 0.25) is 0 Å². The van der Waals surface area contributed by atoms with E-state index in [1.807, 2.05) is 12.4 Å². The summed E-state index contributed by atoms with van der Waals surface area (Å²) in [6, 6.07) is 9.87. The first-order valence-electron chi connectivity index (χ1n) is 9.31. The third-order valence-corrected chi connectivity index (χ3v) is 5.91. The first-order valence-corrected chi connectivity index (χ1v) is 10.1. The maximum atomic E-state index is 12.6. The first-order chi connectivity index (χ1) is 13.2. The maximum Gasteiger partial charge on any atom is 0.291 e. The van der Waals surface area contributed by atoms with Crippen molar-refractivity contribution in [2.75, 3.05) is 18.4 Å². The maximum absolute atomic E-state index is 12.6. The van der Waals surface area contributed by atoms with Crippen LogP contribution in [-0.2, 0) is 0 Å². The van der Waals surface area contributed by atoms with Gasteiger partial charge in [0.1, 0.15) is 5.00 Å². The lowest BCUT2D eigenvalue weighted by Crippen LogP contribution is -2.34. The average Bonchev–Trinajstić information content (AvgIpc) is 3.34. The highest BCUT2D eigenvalue weighted by atomic mass is 32.1. The smallest absolute Gasteiger partial charge is 0.291 e. The Kier molecular flexibility index (Phi) is 5.36. The van der Waals surface area contributed by atoms with E-state index in [0.29, 0.717) is 5.76 Å². The predicted molar refractivity (Wildman–Crippen MR) is 107 cm³/mol. The second kappa shape index (κ2) is 8.06. The molecule has 1 atom stereocenters. The number of likely N-dealkylation sites (tertiary alicyclic amines) is 1. The largest absolute Gasteiger partial charge is 0.459 e. The van der Waals surface area contributed by atoms with Gasteiger partial charge in [-0.25, -0.2) is 0 Å². The fourth-order valence-electron chi connectivity index (χ4n) is 3.72. The Labute approximate surface area is 163 Å². The van der Waals surface area contributed by atoms with Crippen molar-refractivity contribution in [3.05, 3.63) is 70.8 Å². The van der Waals surface area contributed by atoms with Gasteiger partial charge in [-0.2, -0.15) is 0 Å². The van der Waals surface area contributed by atoms with Crippen molar-refractivity contribution in [1.29, 1.82) is 0 Å². The minimum absolute atomic E-state index is 0.116. The van der Waals surface area contributed by atoms with E-state index in [1.54, 1.807) is 23.5 Å². The van der Waals surface area contributed by atoms with Crippen molar-refractivity contribution in [3.63, 3.8) is 0 Å². The molecule has 4 rings (SSSR count). The SMILES string of the molecule is Cc1cc([C@H](c2ccncc2)N2CCCCC2)c(NC(=O)c2ccco2)s1. The van der Waals surface area contributed by atoms with Crippen molar-refractivity contribution >= 4 is 22.2 Å². The van der Waals surface area contributed by atoms with E-state index in [4.69, 9.17) is 4.42 Å². The number of thiophene rings is 1. The summed E-state index contributed by atoms with van der Waals surface area (Å²) in [7, 11) is 0. The van der Waals surface area contributed by atoms with Gasteiger partial charge in [-0.1, -0.05) is 6.42 Å². The number of aryl methyl sites for hydroxylation is 1. The number of carbonyl (C=O) groups is 1. The van der Waals surface area contributed by atoms with E-state index in [0.717, 1.165) is 23.7 Å². The number of rotatable bonds is 5. The molecule has 0 radical (unpaired) electrons. The van der Waals surface area contributed by atoms with Crippen molar-refractivity contribution in [2.45, 2.75) is 32.2 Å². The molecule has 27 heavy (non-hydrogen) atoms. The third-order valence-electron chi connectivity index (χ3n) is 4.93. The lowest BCUT2D eigenvalue weighted by atomic mass is 9.96. The quantitative estimate of drug-likeness (QED) is 0.685. The molecule has 0 aliphatic carbocycles. The number of pyridine rings is 1. The van der Waals surface area contributed by atoms with Crippen molar-refractivity contribution < 1.29 is 9.21 Å². The van der Waals surface area contributed by atoms with Crippen LogP contribution in [0.25, 0.3) is 0 Å². The molecule has 1 saturated heterocycles. The van der Waals surface area contributed by atoms with E-state index in [-0.39, 0.29) is 11.9 Å². The minimum Gasteiger partial charge on any atom is -0.459 e. The van der Waals surface area contributed by atoms with Gasteiger partial charge >= 0.3 is 0 Å². The normalized spacial score (nSPS) is 16.2.